The van der Waals surface area contributed by atoms with Gasteiger partial charge in [-0.15, -0.1) is 0 Å². The average molecular weight is 426 g/mol. The van der Waals surface area contributed by atoms with Crippen molar-refractivity contribution in [3.63, 3.8) is 0 Å². The highest BCUT2D eigenvalue weighted by molar-refractivity contribution is 7.89. The molecule has 1 aliphatic rings. The standard InChI is InChI=1S/C21H35N3O4S/c1-20(2,3)28-19(25)24-15-16(13-21(24,4)5)9-7-6-8-10-17-11-12-18(14-23-17)29(22,26)27/h11-12,14,16H,6-10,13,15H2,1-5H3,(H2,22,26,27)/t16-/m0/s1. The maximum absolute atomic E-state index is 12.5. The van der Waals surface area contributed by atoms with Gasteiger partial charge in [0.05, 0.1) is 0 Å². The fraction of sp³-hybridized carbons (Fsp3) is 0.714. The van der Waals surface area contributed by atoms with Crippen LogP contribution in [0.25, 0.3) is 0 Å². The lowest BCUT2D eigenvalue weighted by atomic mass is 9.92. The summed E-state index contributed by atoms with van der Waals surface area (Å²) in [5.41, 5.74) is 0.212. The number of aryl methyl sites for hydroxylation is 1. The van der Waals surface area contributed by atoms with E-state index in [9.17, 15) is 13.2 Å². The van der Waals surface area contributed by atoms with Crippen molar-refractivity contribution in [2.75, 3.05) is 6.54 Å². The Hall–Kier alpha value is -1.67. The zero-order valence-corrected chi connectivity index (χ0v) is 19.1. The quantitative estimate of drug-likeness (QED) is 0.668. The monoisotopic (exact) mass is 425 g/mol. The van der Waals surface area contributed by atoms with Crippen molar-refractivity contribution < 1.29 is 17.9 Å². The molecular formula is C21H35N3O4S. The zero-order valence-electron chi connectivity index (χ0n) is 18.3. The van der Waals surface area contributed by atoms with E-state index in [4.69, 9.17) is 9.88 Å². The molecule has 1 aromatic rings. The van der Waals surface area contributed by atoms with Gasteiger partial charge in [0, 0.05) is 24.0 Å². The third kappa shape index (κ3) is 7.26. The van der Waals surface area contributed by atoms with Gasteiger partial charge in [-0.3, -0.25) is 4.98 Å². The number of unbranched alkanes of at least 4 members (excludes halogenated alkanes) is 2. The van der Waals surface area contributed by atoms with Crippen LogP contribution >= 0.6 is 0 Å². The van der Waals surface area contributed by atoms with Gasteiger partial charge in [0.15, 0.2) is 0 Å². The molecule has 2 rings (SSSR count). The summed E-state index contributed by atoms with van der Waals surface area (Å²) < 4.78 is 28.1. The molecule has 1 aliphatic heterocycles. The Morgan fingerprint density at radius 1 is 1.28 bits per heavy atom. The summed E-state index contributed by atoms with van der Waals surface area (Å²) in [6.07, 6.45) is 7.14. The van der Waals surface area contributed by atoms with Crippen LogP contribution in [-0.4, -0.2) is 42.1 Å². The average Bonchev–Trinajstić information content (AvgIpc) is 2.87. The number of likely N-dealkylation sites (tertiary alicyclic amines) is 1. The maximum Gasteiger partial charge on any atom is 0.410 e. The van der Waals surface area contributed by atoms with Gasteiger partial charge >= 0.3 is 6.09 Å². The molecule has 0 saturated carbocycles. The molecule has 1 aromatic heterocycles. The van der Waals surface area contributed by atoms with Crippen LogP contribution in [0, 0.1) is 5.92 Å². The third-order valence-corrected chi connectivity index (χ3v) is 6.14. The van der Waals surface area contributed by atoms with Crippen molar-refractivity contribution in [2.45, 2.75) is 89.2 Å². The third-order valence-electron chi connectivity index (χ3n) is 5.24. The first-order valence-corrected chi connectivity index (χ1v) is 11.8. The first-order chi connectivity index (χ1) is 13.3. The first-order valence-electron chi connectivity index (χ1n) is 10.3. The van der Waals surface area contributed by atoms with Crippen LogP contribution in [0.5, 0.6) is 0 Å². The molecule has 164 valence electrons. The molecule has 1 saturated heterocycles. The van der Waals surface area contributed by atoms with Gasteiger partial charge < -0.3 is 9.64 Å². The Morgan fingerprint density at radius 2 is 1.97 bits per heavy atom. The van der Waals surface area contributed by atoms with E-state index in [-0.39, 0.29) is 16.5 Å². The first kappa shape index (κ1) is 23.6. The number of nitrogens with two attached hydrogens (primary N) is 1. The van der Waals surface area contributed by atoms with E-state index in [1.165, 1.54) is 12.3 Å². The Bertz CT molecular complexity index is 798. The number of sulfonamides is 1. The SMILES string of the molecule is CC(C)(C)OC(=O)N1C[C@@H](CCCCCc2ccc(S(N)(=O)=O)cn2)CC1(C)C. The highest BCUT2D eigenvalue weighted by atomic mass is 32.2. The van der Waals surface area contributed by atoms with Crippen LogP contribution in [0.15, 0.2) is 23.2 Å². The smallest absolute Gasteiger partial charge is 0.410 e. The maximum atomic E-state index is 12.5. The van der Waals surface area contributed by atoms with Crippen molar-refractivity contribution >= 4 is 16.1 Å². The number of primary sulfonamides is 1. The number of aromatic nitrogens is 1. The molecule has 7 nitrogen and oxygen atoms in total. The summed E-state index contributed by atoms with van der Waals surface area (Å²) in [5, 5.41) is 5.08. The topological polar surface area (TPSA) is 103 Å². The fourth-order valence-electron chi connectivity index (χ4n) is 3.86. The van der Waals surface area contributed by atoms with E-state index < -0.39 is 15.6 Å². The van der Waals surface area contributed by atoms with Gasteiger partial charge in [-0.2, -0.15) is 0 Å². The molecule has 0 aromatic carbocycles. The Balaban J connectivity index is 1.73. The van der Waals surface area contributed by atoms with Gasteiger partial charge in [0.2, 0.25) is 10.0 Å². The van der Waals surface area contributed by atoms with Crippen molar-refractivity contribution in [1.29, 1.82) is 0 Å². The predicted octanol–water partition coefficient (Wildman–Crippen LogP) is 3.87. The van der Waals surface area contributed by atoms with E-state index in [1.54, 1.807) is 6.07 Å². The molecule has 0 unspecified atom stereocenters. The highest BCUT2D eigenvalue weighted by Crippen LogP contribution is 2.36. The minimum atomic E-state index is -3.69. The summed E-state index contributed by atoms with van der Waals surface area (Å²) in [7, 11) is -3.69. The van der Waals surface area contributed by atoms with Crippen LogP contribution in [0.2, 0.25) is 0 Å². The molecular weight excluding hydrogens is 390 g/mol. The van der Waals surface area contributed by atoms with Gasteiger partial charge in [-0.1, -0.05) is 12.8 Å². The second-order valence-electron chi connectivity index (χ2n) is 9.60. The van der Waals surface area contributed by atoms with Crippen molar-refractivity contribution in [1.82, 2.24) is 9.88 Å². The van der Waals surface area contributed by atoms with E-state index in [2.05, 4.69) is 18.8 Å². The van der Waals surface area contributed by atoms with Crippen LogP contribution in [-0.2, 0) is 21.2 Å². The number of amides is 1. The summed E-state index contributed by atoms with van der Waals surface area (Å²) in [6, 6.07) is 3.22. The highest BCUT2D eigenvalue weighted by Gasteiger charge is 2.42. The molecule has 0 radical (unpaired) electrons. The van der Waals surface area contributed by atoms with E-state index in [0.29, 0.717) is 5.92 Å². The Labute approximate surface area is 175 Å². The van der Waals surface area contributed by atoms with Crippen molar-refractivity contribution in [2.24, 2.45) is 11.1 Å². The number of rotatable bonds is 7. The lowest BCUT2D eigenvalue weighted by Crippen LogP contribution is -2.45. The van der Waals surface area contributed by atoms with Gasteiger partial charge in [0.1, 0.15) is 10.5 Å². The van der Waals surface area contributed by atoms with Gasteiger partial charge in [-0.25, -0.2) is 18.4 Å². The Morgan fingerprint density at radius 3 is 2.52 bits per heavy atom. The van der Waals surface area contributed by atoms with Gasteiger partial charge in [-0.05, 0) is 78.4 Å². The number of nitrogens with zero attached hydrogens (tertiary/aromatic N) is 2. The lowest BCUT2D eigenvalue weighted by molar-refractivity contribution is 0.0131. The summed E-state index contributed by atoms with van der Waals surface area (Å²) in [6.45, 7) is 10.6. The van der Waals surface area contributed by atoms with Crippen molar-refractivity contribution in [3.05, 3.63) is 24.0 Å². The number of hydrogen-bond donors (Lipinski definition) is 1. The molecule has 0 spiro atoms. The minimum Gasteiger partial charge on any atom is -0.444 e. The number of ether oxygens (including phenoxy) is 1. The molecule has 8 heteroatoms. The number of carbonyl (C=O) groups excluding carboxylic acids is 1. The largest absolute Gasteiger partial charge is 0.444 e. The van der Waals surface area contributed by atoms with Crippen molar-refractivity contribution in [3.8, 4) is 0 Å². The zero-order chi connectivity index (χ0) is 21.9. The normalized spacial score (nSPS) is 19.4. The molecule has 2 N–H and O–H groups in total. The molecule has 1 amide bonds. The number of carbonyl (C=O) groups is 1. The molecule has 1 atom stereocenters. The molecule has 1 fully saturated rings. The summed E-state index contributed by atoms with van der Waals surface area (Å²) in [4.78, 5) is 18.6. The van der Waals surface area contributed by atoms with Crippen LogP contribution in [0.3, 0.4) is 0 Å². The van der Waals surface area contributed by atoms with E-state index in [1.807, 2.05) is 25.7 Å². The van der Waals surface area contributed by atoms with Crippen LogP contribution < -0.4 is 5.14 Å². The summed E-state index contributed by atoms with van der Waals surface area (Å²) in [5.74, 6) is 0.490. The second-order valence-corrected chi connectivity index (χ2v) is 11.2. The summed E-state index contributed by atoms with van der Waals surface area (Å²) >= 11 is 0. The predicted molar refractivity (Wildman–Crippen MR) is 113 cm³/mol. The van der Waals surface area contributed by atoms with Gasteiger partial charge in [0.25, 0.3) is 0 Å². The van der Waals surface area contributed by atoms with Crippen LogP contribution in [0.1, 0.15) is 72.4 Å². The fourth-order valence-corrected chi connectivity index (χ4v) is 4.32. The van der Waals surface area contributed by atoms with Crippen LogP contribution in [0.4, 0.5) is 4.79 Å². The molecule has 0 aliphatic carbocycles. The number of pyridine rings is 1. The van der Waals surface area contributed by atoms with E-state index >= 15 is 0 Å². The second kappa shape index (κ2) is 9.00. The molecule has 29 heavy (non-hydrogen) atoms. The minimum absolute atomic E-state index is 0.0413. The Kier molecular flexibility index (Phi) is 7.32. The molecule has 2 heterocycles. The lowest BCUT2D eigenvalue weighted by Gasteiger charge is -2.33. The molecule has 0 bridgehead atoms. The van der Waals surface area contributed by atoms with E-state index in [0.717, 1.165) is 50.8 Å². The number of hydrogen-bond acceptors (Lipinski definition) is 5.